The minimum Gasteiger partial charge on any atom is -0.396 e. The van der Waals surface area contributed by atoms with Crippen LogP contribution in [0.5, 0.6) is 0 Å². The van der Waals surface area contributed by atoms with Crippen LogP contribution < -0.4 is 0 Å². The van der Waals surface area contributed by atoms with Crippen LogP contribution in [0.3, 0.4) is 0 Å². The zero-order chi connectivity index (χ0) is 14.6. The molecule has 112 valence electrons. The molecule has 1 fully saturated rings. The molecule has 1 aliphatic rings. The van der Waals surface area contributed by atoms with Gasteiger partial charge in [0.2, 0.25) is 0 Å². The highest BCUT2D eigenvalue weighted by molar-refractivity contribution is 5.14. The molecule has 3 nitrogen and oxygen atoms in total. The molecular formula is C17H27NO2. The molecule has 1 aromatic rings. The second-order valence-corrected chi connectivity index (χ2v) is 6.32. The third-order valence-corrected chi connectivity index (χ3v) is 4.65. The van der Waals surface area contributed by atoms with Crippen molar-refractivity contribution in [2.24, 2.45) is 11.3 Å². The molecule has 2 rings (SSSR count). The van der Waals surface area contributed by atoms with Crippen LogP contribution in [0.15, 0.2) is 30.3 Å². The van der Waals surface area contributed by atoms with Gasteiger partial charge >= 0.3 is 0 Å². The number of aliphatic hydroxyl groups is 2. The summed E-state index contributed by atoms with van der Waals surface area (Å²) in [5.74, 6) is 0.235. The summed E-state index contributed by atoms with van der Waals surface area (Å²) in [6.07, 6.45) is 2.49. The van der Waals surface area contributed by atoms with E-state index in [4.69, 9.17) is 0 Å². The van der Waals surface area contributed by atoms with E-state index in [1.54, 1.807) is 0 Å². The molecule has 0 aromatic heterocycles. The van der Waals surface area contributed by atoms with Crippen LogP contribution in [0.1, 0.15) is 31.7 Å². The lowest BCUT2D eigenvalue weighted by atomic mass is 9.86. The average molecular weight is 277 g/mol. The van der Waals surface area contributed by atoms with Gasteiger partial charge in [-0.2, -0.15) is 0 Å². The van der Waals surface area contributed by atoms with Gasteiger partial charge in [-0.05, 0) is 37.8 Å². The summed E-state index contributed by atoms with van der Waals surface area (Å²) in [6, 6.07) is 10.4. The molecule has 0 bridgehead atoms. The third kappa shape index (κ3) is 3.60. The van der Waals surface area contributed by atoms with Crippen LogP contribution in [-0.2, 0) is 6.54 Å². The second-order valence-electron chi connectivity index (χ2n) is 6.32. The van der Waals surface area contributed by atoms with Crippen LogP contribution >= 0.6 is 0 Å². The van der Waals surface area contributed by atoms with Crippen molar-refractivity contribution in [1.82, 2.24) is 4.90 Å². The number of benzene rings is 1. The Morgan fingerprint density at radius 2 is 1.90 bits per heavy atom. The molecule has 0 heterocycles. The van der Waals surface area contributed by atoms with Gasteiger partial charge < -0.3 is 15.1 Å². The summed E-state index contributed by atoms with van der Waals surface area (Å²) >= 11 is 0. The molecule has 0 radical (unpaired) electrons. The Morgan fingerprint density at radius 3 is 2.40 bits per heavy atom. The number of nitrogens with zero attached hydrogens (tertiary/aromatic N) is 1. The van der Waals surface area contributed by atoms with Crippen molar-refractivity contribution >= 4 is 0 Å². The van der Waals surface area contributed by atoms with Crippen molar-refractivity contribution in [3.63, 3.8) is 0 Å². The van der Waals surface area contributed by atoms with Gasteiger partial charge in [0.05, 0.1) is 12.7 Å². The smallest absolute Gasteiger partial charge is 0.0658 e. The first-order chi connectivity index (χ1) is 9.61. The van der Waals surface area contributed by atoms with Gasteiger partial charge in [-0.25, -0.2) is 0 Å². The topological polar surface area (TPSA) is 43.7 Å². The molecule has 0 amide bonds. The summed E-state index contributed by atoms with van der Waals surface area (Å²) in [5.41, 5.74) is 1.09. The molecule has 2 unspecified atom stereocenters. The Balaban J connectivity index is 1.89. The summed E-state index contributed by atoms with van der Waals surface area (Å²) in [4.78, 5) is 2.26. The van der Waals surface area contributed by atoms with E-state index in [2.05, 4.69) is 43.1 Å². The number of aliphatic hydroxyl groups excluding tert-OH is 2. The minimum atomic E-state index is -0.379. The second kappa shape index (κ2) is 6.70. The Morgan fingerprint density at radius 1 is 1.25 bits per heavy atom. The van der Waals surface area contributed by atoms with E-state index < -0.39 is 0 Å². The molecule has 2 N–H and O–H groups in total. The normalized spacial score (nSPS) is 19.9. The maximum atomic E-state index is 10.5. The summed E-state index contributed by atoms with van der Waals surface area (Å²) < 4.78 is 0. The third-order valence-electron chi connectivity index (χ3n) is 4.65. The van der Waals surface area contributed by atoms with Gasteiger partial charge in [0.15, 0.2) is 0 Å². The fourth-order valence-electron chi connectivity index (χ4n) is 3.02. The Labute approximate surface area is 122 Å². The molecule has 1 aromatic carbocycles. The van der Waals surface area contributed by atoms with Gasteiger partial charge in [-0.3, -0.25) is 0 Å². The predicted molar refractivity (Wildman–Crippen MR) is 81.3 cm³/mol. The fourth-order valence-corrected chi connectivity index (χ4v) is 3.02. The van der Waals surface area contributed by atoms with E-state index in [0.717, 1.165) is 32.4 Å². The number of hydrogen-bond donors (Lipinski definition) is 2. The molecule has 0 aliphatic heterocycles. The zero-order valence-electron chi connectivity index (χ0n) is 12.6. The zero-order valence-corrected chi connectivity index (χ0v) is 12.6. The predicted octanol–water partition coefficient (Wildman–Crippen LogP) is 2.28. The monoisotopic (exact) mass is 277 g/mol. The highest BCUT2D eigenvalue weighted by atomic mass is 16.3. The van der Waals surface area contributed by atoms with Crippen molar-refractivity contribution < 1.29 is 10.2 Å². The molecule has 3 heteroatoms. The SMILES string of the molecule is CCC(CN(C)Cc1ccccc1)C(O)C1(CO)CC1. The van der Waals surface area contributed by atoms with Crippen LogP contribution in [-0.4, -0.2) is 41.4 Å². The first-order valence-electron chi connectivity index (χ1n) is 7.62. The lowest BCUT2D eigenvalue weighted by Gasteiger charge is -2.31. The molecule has 0 spiro atoms. The lowest BCUT2D eigenvalue weighted by Crippen LogP contribution is -2.39. The van der Waals surface area contributed by atoms with Crippen molar-refractivity contribution in [3.8, 4) is 0 Å². The molecule has 0 saturated heterocycles. The van der Waals surface area contributed by atoms with Crippen molar-refractivity contribution in [3.05, 3.63) is 35.9 Å². The van der Waals surface area contributed by atoms with E-state index in [1.807, 2.05) is 6.07 Å². The van der Waals surface area contributed by atoms with E-state index in [-0.39, 0.29) is 24.0 Å². The Hall–Kier alpha value is -0.900. The maximum absolute atomic E-state index is 10.5. The molecule has 20 heavy (non-hydrogen) atoms. The summed E-state index contributed by atoms with van der Waals surface area (Å²) in [7, 11) is 2.10. The first-order valence-corrected chi connectivity index (χ1v) is 7.62. The van der Waals surface area contributed by atoms with Crippen LogP contribution in [0.25, 0.3) is 0 Å². The quantitative estimate of drug-likeness (QED) is 0.766. The number of rotatable bonds is 8. The van der Waals surface area contributed by atoms with E-state index in [9.17, 15) is 10.2 Å². The Kier molecular flexibility index (Phi) is 5.19. The highest BCUT2D eigenvalue weighted by Gasteiger charge is 2.50. The van der Waals surface area contributed by atoms with Gasteiger partial charge in [0.1, 0.15) is 0 Å². The highest BCUT2D eigenvalue weighted by Crippen LogP contribution is 2.50. The molecule has 1 saturated carbocycles. The molecule has 2 atom stereocenters. The van der Waals surface area contributed by atoms with E-state index in [1.165, 1.54) is 5.56 Å². The van der Waals surface area contributed by atoms with Crippen molar-refractivity contribution in [1.29, 1.82) is 0 Å². The number of hydrogen-bond acceptors (Lipinski definition) is 3. The first kappa shape index (κ1) is 15.5. The van der Waals surface area contributed by atoms with Gasteiger partial charge in [0.25, 0.3) is 0 Å². The van der Waals surface area contributed by atoms with Crippen molar-refractivity contribution in [2.75, 3.05) is 20.2 Å². The molecular weight excluding hydrogens is 250 g/mol. The van der Waals surface area contributed by atoms with Gasteiger partial charge in [-0.15, -0.1) is 0 Å². The fraction of sp³-hybridized carbons (Fsp3) is 0.647. The summed E-state index contributed by atoms with van der Waals surface area (Å²) in [5, 5.41) is 20.0. The largest absolute Gasteiger partial charge is 0.396 e. The Bertz CT molecular complexity index is 403. The van der Waals surface area contributed by atoms with Crippen molar-refractivity contribution in [2.45, 2.75) is 38.8 Å². The van der Waals surface area contributed by atoms with Crippen LogP contribution in [0, 0.1) is 11.3 Å². The van der Waals surface area contributed by atoms with Gasteiger partial charge in [-0.1, -0.05) is 37.3 Å². The van der Waals surface area contributed by atoms with E-state index in [0.29, 0.717) is 0 Å². The lowest BCUT2D eigenvalue weighted by molar-refractivity contribution is -0.00425. The average Bonchev–Trinajstić information content (AvgIpc) is 3.26. The van der Waals surface area contributed by atoms with Crippen LogP contribution in [0.2, 0.25) is 0 Å². The molecule has 1 aliphatic carbocycles. The van der Waals surface area contributed by atoms with Crippen LogP contribution in [0.4, 0.5) is 0 Å². The minimum absolute atomic E-state index is 0.118. The maximum Gasteiger partial charge on any atom is 0.0658 e. The van der Waals surface area contributed by atoms with E-state index >= 15 is 0 Å². The summed E-state index contributed by atoms with van der Waals surface area (Å²) in [6.45, 7) is 4.01. The van der Waals surface area contributed by atoms with Gasteiger partial charge in [0, 0.05) is 18.5 Å². The standard InChI is InChI=1S/C17H27NO2/c1-3-15(16(20)17(13-19)9-10-17)12-18(2)11-14-7-5-4-6-8-14/h4-8,15-16,19-20H,3,9-13H2,1-2H3.